The smallest absolute Gasteiger partial charge is 0.289 e. The van der Waals surface area contributed by atoms with Crippen molar-refractivity contribution >= 4 is 28.1 Å². The van der Waals surface area contributed by atoms with E-state index in [0.29, 0.717) is 25.2 Å². The van der Waals surface area contributed by atoms with Gasteiger partial charge in [-0.05, 0) is 31.9 Å². The van der Waals surface area contributed by atoms with Crippen LogP contribution in [0.2, 0.25) is 0 Å². The Morgan fingerprint density at radius 2 is 2.00 bits per heavy atom. The molecule has 9 heteroatoms. The number of nitrogens with one attached hydrogen (secondary N) is 1. The Hall–Kier alpha value is -1.22. The first-order valence-corrected chi connectivity index (χ1v) is 8.17. The molecule has 1 aromatic carbocycles. The van der Waals surface area contributed by atoms with Crippen molar-refractivity contribution in [3.05, 3.63) is 33.4 Å². The van der Waals surface area contributed by atoms with E-state index in [2.05, 4.69) is 5.32 Å². The molecular weight excluding hydrogens is 330 g/mol. The van der Waals surface area contributed by atoms with Crippen molar-refractivity contribution < 1.29 is 13.3 Å². The molecule has 0 aromatic heterocycles. The molecule has 1 aliphatic rings. The number of nitrogens with zero attached hydrogens (tertiary/aromatic N) is 2. The summed E-state index contributed by atoms with van der Waals surface area (Å²) in [5, 5.41) is 14.3. The monoisotopic (exact) mass is 349 g/mol. The van der Waals surface area contributed by atoms with E-state index in [1.54, 1.807) is 19.9 Å². The Kier molecular flexibility index (Phi) is 5.91. The van der Waals surface area contributed by atoms with Gasteiger partial charge in [-0.2, -0.15) is 4.31 Å². The standard InChI is InChI=1S/C13H19N3O4S.ClH/c1-9-4-5-12(16(17)18)13(11(9)3)21(19,20)15-7-6-14-10(2)8-15;/h4-5,10,14H,6-8H2,1-3H3;1H. The number of nitro benzene ring substituents is 1. The molecule has 1 N–H and O–H groups in total. The van der Waals surface area contributed by atoms with Crippen molar-refractivity contribution in [3.8, 4) is 0 Å². The molecule has 1 heterocycles. The van der Waals surface area contributed by atoms with Gasteiger partial charge in [0.1, 0.15) is 0 Å². The molecule has 0 aliphatic carbocycles. The molecule has 1 aromatic rings. The number of hydrogen-bond donors (Lipinski definition) is 1. The van der Waals surface area contributed by atoms with Crippen LogP contribution in [0.25, 0.3) is 0 Å². The highest BCUT2D eigenvalue weighted by Crippen LogP contribution is 2.32. The van der Waals surface area contributed by atoms with Crippen LogP contribution in [-0.2, 0) is 10.0 Å². The molecule has 1 aliphatic heterocycles. The summed E-state index contributed by atoms with van der Waals surface area (Å²) in [5.74, 6) is 0. The average Bonchev–Trinajstić information content (AvgIpc) is 2.41. The van der Waals surface area contributed by atoms with Crippen LogP contribution in [0.4, 0.5) is 5.69 Å². The van der Waals surface area contributed by atoms with Crippen molar-refractivity contribution in [2.45, 2.75) is 31.7 Å². The zero-order chi connectivity index (χ0) is 15.8. The van der Waals surface area contributed by atoms with Crippen molar-refractivity contribution in [2.75, 3.05) is 19.6 Å². The number of nitro groups is 1. The molecule has 124 valence electrons. The van der Waals surface area contributed by atoms with Crippen LogP contribution in [0.5, 0.6) is 0 Å². The van der Waals surface area contributed by atoms with E-state index in [4.69, 9.17) is 0 Å². The van der Waals surface area contributed by atoms with Crippen molar-refractivity contribution in [2.24, 2.45) is 0 Å². The lowest BCUT2D eigenvalue weighted by molar-refractivity contribution is -0.388. The molecule has 0 radical (unpaired) electrons. The molecule has 0 bridgehead atoms. The molecule has 1 atom stereocenters. The van der Waals surface area contributed by atoms with E-state index in [9.17, 15) is 18.5 Å². The zero-order valence-corrected chi connectivity index (χ0v) is 14.3. The second-order valence-electron chi connectivity index (χ2n) is 5.33. The Bertz CT molecular complexity index is 678. The van der Waals surface area contributed by atoms with E-state index in [0.717, 1.165) is 5.56 Å². The summed E-state index contributed by atoms with van der Waals surface area (Å²) in [7, 11) is -3.87. The van der Waals surface area contributed by atoms with Gasteiger partial charge in [0, 0.05) is 31.7 Å². The van der Waals surface area contributed by atoms with Gasteiger partial charge in [-0.3, -0.25) is 10.1 Å². The van der Waals surface area contributed by atoms with Gasteiger partial charge in [0.25, 0.3) is 5.69 Å². The van der Waals surface area contributed by atoms with Crippen molar-refractivity contribution in [3.63, 3.8) is 0 Å². The number of benzene rings is 1. The second kappa shape index (κ2) is 6.91. The lowest BCUT2D eigenvalue weighted by Crippen LogP contribution is -2.51. The van der Waals surface area contributed by atoms with Crippen LogP contribution in [0, 0.1) is 24.0 Å². The average molecular weight is 350 g/mol. The molecule has 0 amide bonds. The molecule has 2 rings (SSSR count). The highest BCUT2D eigenvalue weighted by Gasteiger charge is 2.35. The Labute approximate surface area is 136 Å². The van der Waals surface area contributed by atoms with Gasteiger partial charge < -0.3 is 5.32 Å². The SMILES string of the molecule is Cc1ccc([N+](=O)[O-])c(S(=O)(=O)N2CCNC(C)C2)c1C.Cl. The lowest BCUT2D eigenvalue weighted by Gasteiger charge is -2.31. The van der Waals surface area contributed by atoms with Crippen LogP contribution in [0.15, 0.2) is 17.0 Å². The van der Waals surface area contributed by atoms with Crippen molar-refractivity contribution in [1.82, 2.24) is 9.62 Å². The Balaban J connectivity index is 0.00000242. The van der Waals surface area contributed by atoms with E-state index < -0.39 is 14.9 Å². The molecule has 0 spiro atoms. The van der Waals surface area contributed by atoms with Crippen LogP contribution in [0.1, 0.15) is 18.1 Å². The van der Waals surface area contributed by atoms with E-state index in [1.807, 2.05) is 6.92 Å². The zero-order valence-electron chi connectivity index (χ0n) is 12.7. The van der Waals surface area contributed by atoms with Gasteiger partial charge in [-0.1, -0.05) is 6.07 Å². The van der Waals surface area contributed by atoms with E-state index in [1.165, 1.54) is 10.4 Å². The Morgan fingerprint density at radius 3 is 2.55 bits per heavy atom. The summed E-state index contributed by atoms with van der Waals surface area (Å²) in [4.78, 5) is 10.4. The minimum absolute atomic E-state index is 0. The van der Waals surface area contributed by atoms with Crippen LogP contribution < -0.4 is 5.32 Å². The second-order valence-corrected chi connectivity index (χ2v) is 7.21. The quantitative estimate of drug-likeness (QED) is 0.661. The number of aryl methyl sites for hydroxylation is 1. The van der Waals surface area contributed by atoms with Gasteiger partial charge >= 0.3 is 0 Å². The summed E-state index contributed by atoms with van der Waals surface area (Å²) >= 11 is 0. The maximum absolute atomic E-state index is 12.8. The fourth-order valence-electron chi connectivity index (χ4n) is 2.49. The lowest BCUT2D eigenvalue weighted by atomic mass is 10.1. The molecule has 7 nitrogen and oxygen atoms in total. The molecule has 22 heavy (non-hydrogen) atoms. The largest absolute Gasteiger partial charge is 0.312 e. The highest BCUT2D eigenvalue weighted by atomic mass is 35.5. The summed E-state index contributed by atoms with van der Waals surface area (Å²) in [5.41, 5.74) is 0.807. The van der Waals surface area contributed by atoms with Crippen LogP contribution in [0.3, 0.4) is 0 Å². The summed E-state index contributed by atoms with van der Waals surface area (Å²) < 4.78 is 27.0. The third-order valence-electron chi connectivity index (χ3n) is 3.78. The third kappa shape index (κ3) is 3.40. The maximum atomic E-state index is 12.8. The van der Waals surface area contributed by atoms with Gasteiger partial charge in [0.05, 0.1) is 4.92 Å². The summed E-state index contributed by atoms with van der Waals surface area (Å²) in [6, 6.07) is 2.87. The normalized spacial score (nSPS) is 19.5. The highest BCUT2D eigenvalue weighted by molar-refractivity contribution is 7.89. The van der Waals surface area contributed by atoms with Crippen LogP contribution in [-0.4, -0.2) is 43.3 Å². The van der Waals surface area contributed by atoms with Gasteiger partial charge in [-0.15, -0.1) is 12.4 Å². The Morgan fingerprint density at radius 1 is 1.36 bits per heavy atom. The summed E-state index contributed by atoms with van der Waals surface area (Å²) in [6.07, 6.45) is 0. The number of sulfonamides is 1. The number of rotatable bonds is 3. The predicted octanol–water partition coefficient (Wildman–Crippen LogP) is 1.62. The van der Waals surface area contributed by atoms with Gasteiger partial charge in [0.2, 0.25) is 10.0 Å². The van der Waals surface area contributed by atoms with Crippen LogP contribution >= 0.6 is 12.4 Å². The summed E-state index contributed by atoms with van der Waals surface area (Å²) in [6.45, 7) is 6.42. The van der Waals surface area contributed by atoms with E-state index in [-0.39, 0.29) is 29.0 Å². The van der Waals surface area contributed by atoms with Gasteiger partial charge in [-0.25, -0.2) is 8.42 Å². The number of hydrogen-bond acceptors (Lipinski definition) is 5. The molecular formula is C13H20ClN3O4S. The van der Waals surface area contributed by atoms with Crippen molar-refractivity contribution in [1.29, 1.82) is 0 Å². The number of halogens is 1. The fraction of sp³-hybridized carbons (Fsp3) is 0.538. The molecule has 1 unspecified atom stereocenters. The first-order valence-electron chi connectivity index (χ1n) is 6.73. The van der Waals surface area contributed by atoms with Gasteiger partial charge in [0.15, 0.2) is 4.90 Å². The molecule has 1 fully saturated rings. The first kappa shape index (κ1) is 18.8. The molecule has 1 saturated heterocycles. The maximum Gasteiger partial charge on any atom is 0.289 e. The molecule has 0 saturated carbocycles. The number of piperazine rings is 1. The predicted molar refractivity (Wildman–Crippen MR) is 86.0 cm³/mol. The van der Waals surface area contributed by atoms with E-state index >= 15 is 0 Å². The topological polar surface area (TPSA) is 92.5 Å². The minimum atomic E-state index is -3.87. The minimum Gasteiger partial charge on any atom is -0.312 e. The third-order valence-corrected chi connectivity index (χ3v) is 5.82. The fourth-order valence-corrected chi connectivity index (χ4v) is 4.45. The first-order chi connectivity index (χ1) is 9.75.